The summed E-state index contributed by atoms with van der Waals surface area (Å²) in [5.41, 5.74) is 0. The zero-order valence-corrected chi connectivity index (χ0v) is 7.81. The van der Waals surface area contributed by atoms with Gasteiger partial charge in [0.15, 0.2) is 5.13 Å². The van der Waals surface area contributed by atoms with Gasteiger partial charge in [0.05, 0.1) is 5.38 Å². The third-order valence-electron chi connectivity index (χ3n) is 1.73. The fourth-order valence-corrected chi connectivity index (χ4v) is 2.14. The molecule has 1 fully saturated rings. The van der Waals surface area contributed by atoms with E-state index < -0.39 is 0 Å². The molecule has 1 aromatic heterocycles. The Morgan fingerprint density at radius 3 is 3.08 bits per heavy atom. The van der Waals surface area contributed by atoms with Crippen LogP contribution >= 0.6 is 22.9 Å². The summed E-state index contributed by atoms with van der Waals surface area (Å²) in [4.78, 5) is 17.0. The number of carbonyl (C=O) groups excluding carboxylic acids is 1. The highest BCUT2D eigenvalue weighted by Crippen LogP contribution is 2.25. The minimum absolute atomic E-state index is 0.0543. The number of nitrogens with zero attached hydrogens (tertiary/aromatic N) is 2. The summed E-state index contributed by atoms with van der Waals surface area (Å²) in [6.07, 6.45) is 2.12. The van der Waals surface area contributed by atoms with Gasteiger partial charge in [0, 0.05) is 24.5 Å². The second kappa shape index (κ2) is 3.03. The topological polar surface area (TPSA) is 33.2 Å². The number of rotatable bonds is 1. The third-order valence-corrected chi connectivity index (χ3v) is 2.81. The number of amides is 1. The van der Waals surface area contributed by atoms with Gasteiger partial charge >= 0.3 is 0 Å². The van der Waals surface area contributed by atoms with Crippen molar-refractivity contribution in [1.29, 1.82) is 0 Å². The Labute approximate surface area is 79.0 Å². The second-order valence-electron chi connectivity index (χ2n) is 2.62. The van der Waals surface area contributed by atoms with Crippen molar-refractivity contribution in [1.82, 2.24) is 4.98 Å². The van der Waals surface area contributed by atoms with Gasteiger partial charge in [-0.05, 0) is 0 Å². The first-order chi connectivity index (χ1) is 5.77. The predicted octanol–water partition coefficient (Wildman–Crippen LogP) is 1.49. The Morgan fingerprint density at radius 1 is 1.75 bits per heavy atom. The molecule has 64 valence electrons. The van der Waals surface area contributed by atoms with Gasteiger partial charge in [-0.25, -0.2) is 4.98 Å². The van der Waals surface area contributed by atoms with E-state index in [1.807, 2.05) is 5.38 Å². The highest BCUT2D eigenvalue weighted by molar-refractivity contribution is 7.13. The molecule has 1 aliphatic heterocycles. The van der Waals surface area contributed by atoms with Crippen molar-refractivity contribution in [2.75, 3.05) is 11.4 Å². The molecule has 1 unspecified atom stereocenters. The van der Waals surface area contributed by atoms with E-state index in [1.54, 1.807) is 11.1 Å². The standard InChI is InChI=1S/C7H7ClN2OS/c8-5-3-6(11)10(4-5)7-9-1-2-12-7/h1-2,5H,3-4H2. The zero-order chi connectivity index (χ0) is 8.55. The van der Waals surface area contributed by atoms with E-state index in [4.69, 9.17) is 11.6 Å². The van der Waals surface area contributed by atoms with Crippen molar-refractivity contribution < 1.29 is 4.79 Å². The van der Waals surface area contributed by atoms with Gasteiger partial charge in [-0.15, -0.1) is 22.9 Å². The van der Waals surface area contributed by atoms with Crippen molar-refractivity contribution in [2.45, 2.75) is 11.8 Å². The number of carbonyl (C=O) groups is 1. The van der Waals surface area contributed by atoms with E-state index in [1.165, 1.54) is 11.3 Å². The van der Waals surface area contributed by atoms with Crippen LogP contribution < -0.4 is 4.90 Å². The van der Waals surface area contributed by atoms with Gasteiger partial charge < -0.3 is 0 Å². The van der Waals surface area contributed by atoms with Gasteiger partial charge in [-0.1, -0.05) is 0 Å². The molecule has 1 saturated heterocycles. The Kier molecular flexibility index (Phi) is 2.02. The summed E-state index contributed by atoms with van der Waals surface area (Å²) in [6, 6.07) is 0. The third kappa shape index (κ3) is 1.32. The van der Waals surface area contributed by atoms with Gasteiger partial charge in [0.2, 0.25) is 5.91 Å². The number of hydrogen-bond donors (Lipinski definition) is 0. The maximum atomic E-state index is 11.3. The summed E-state index contributed by atoms with van der Waals surface area (Å²) >= 11 is 7.29. The first-order valence-electron chi connectivity index (χ1n) is 3.61. The first kappa shape index (κ1) is 8.01. The van der Waals surface area contributed by atoms with E-state index in [-0.39, 0.29) is 11.3 Å². The minimum Gasteiger partial charge on any atom is -0.287 e. The smallest absolute Gasteiger partial charge is 0.230 e. The van der Waals surface area contributed by atoms with E-state index in [2.05, 4.69) is 4.98 Å². The van der Waals surface area contributed by atoms with Crippen LogP contribution in [0.1, 0.15) is 6.42 Å². The molecule has 1 amide bonds. The minimum atomic E-state index is -0.0543. The molecular formula is C7H7ClN2OS. The first-order valence-corrected chi connectivity index (χ1v) is 4.93. The summed E-state index contributed by atoms with van der Waals surface area (Å²) in [5, 5.41) is 2.55. The molecule has 1 aromatic rings. The quantitative estimate of drug-likeness (QED) is 0.647. The molecular weight excluding hydrogens is 196 g/mol. The SMILES string of the molecule is O=C1CC(Cl)CN1c1nccs1. The molecule has 0 N–H and O–H groups in total. The van der Waals surface area contributed by atoms with Crippen LogP contribution in [0.5, 0.6) is 0 Å². The molecule has 5 heteroatoms. The van der Waals surface area contributed by atoms with Crippen LogP contribution in [-0.4, -0.2) is 22.8 Å². The maximum absolute atomic E-state index is 11.3. The summed E-state index contributed by atoms with van der Waals surface area (Å²) in [6.45, 7) is 0.591. The molecule has 0 aromatic carbocycles. The number of anilines is 1. The Morgan fingerprint density at radius 2 is 2.58 bits per heavy atom. The largest absolute Gasteiger partial charge is 0.287 e. The van der Waals surface area contributed by atoms with Crippen molar-refractivity contribution >= 4 is 34.0 Å². The second-order valence-corrected chi connectivity index (χ2v) is 4.11. The Hall–Kier alpha value is -0.610. The molecule has 2 rings (SSSR count). The summed E-state index contributed by atoms with van der Waals surface area (Å²) in [7, 11) is 0. The van der Waals surface area contributed by atoms with Crippen LogP contribution in [0.2, 0.25) is 0 Å². The van der Waals surface area contributed by atoms with E-state index in [0.717, 1.165) is 5.13 Å². The van der Waals surface area contributed by atoms with Crippen molar-refractivity contribution in [3.8, 4) is 0 Å². The molecule has 0 bridgehead atoms. The van der Waals surface area contributed by atoms with Gasteiger partial charge in [-0.3, -0.25) is 9.69 Å². The number of halogens is 1. The summed E-state index contributed by atoms with van der Waals surface area (Å²) < 4.78 is 0. The molecule has 0 spiro atoms. The lowest BCUT2D eigenvalue weighted by Gasteiger charge is -2.10. The lowest BCUT2D eigenvalue weighted by molar-refractivity contribution is -0.117. The van der Waals surface area contributed by atoms with Crippen LogP contribution in [0.15, 0.2) is 11.6 Å². The van der Waals surface area contributed by atoms with Crippen LogP contribution in [-0.2, 0) is 4.79 Å². The highest BCUT2D eigenvalue weighted by atomic mass is 35.5. The predicted molar refractivity (Wildman–Crippen MR) is 48.7 cm³/mol. The van der Waals surface area contributed by atoms with Crippen molar-refractivity contribution in [3.05, 3.63) is 11.6 Å². The Balaban J connectivity index is 2.21. The number of hydrogen-bond acceptors (Lipinski definition) is 3. The van der Waals surface area contributed by atoms with Crippen molar-refractivity contribution in [2.24, 2.45) is 0 Å². The lowest BCUT2D eigenvalue weighted by atomic mass is 10.4. The van der Waals surface area contributed by atoms with Gasteiger partial charge in [-0.2, -0.15) is 0 Å². The monoisotopic (exact) mass is 202 g/mol. The molecule has 2 heterocycles. The van der Waals surface area contributed by atoms with Crippen molar-refractivity contribution in [3.63, 3.8) is 0 Å². The molecule has 0 radical (unpaired) electrons. The van der Waals surface area contributed by atoms with Gasteiger partial charge in [0.1, 0.15) is 0 Å². The van der Waals surface area contributed by atoms with Crippen LogP contribution in [0.4, 0.5) is 5.13 Å². The highest BCUT2D eigenvalue weighted by Gasteiger charge is 2.30. The Bertz CT molecular complexity index is 288. The lowest BCUT2D eigenvalue weighted by Crippen LogP contribution is -2.24. The van der Waals surface area contributed by atoms with Crippen LogP contribution in [0.3, 0.4) is 0 Å². The number of alkyl halides is 1. The molecule has 12 heavy (non-hydrogen) atoms. The normalized spacial score (nSPS) is 23.6. The molecule has 1 atom stereocenters. The number of aromatic nitrogens is 1. The molecule has 0 aliphatic carbocycles. The summed E-state index contributed by atoms with van der Waals surface area (Å²) in [5.74, 6) is 0.0740. The average molecular weight is 203 g/mol. The van der Waals surface area contributed by atoms with E-state index in [0.29, 0.717) is 13.0 Å². The fraction of sp³-hybridized carbons (Fsp3) is 0.429. The molecule has 0 saturated carbocycles. The van der Waals surface area contributed by atoms with E-state index >= 15 is 0 Å². The van der Waals surface area contributed by atoms with Gasteiger partial charge in [0.25, 0.3) is 0 Å². The average Bonchev–Trinajstić information content (AvgIpc) is 2.58. The maximum Gasteiger partial charge on any atom is 0.230 e. The number of thiazole rings is 1. The van der Waals surface area contributed by atoms with Crippen LogP contribution in [0.25, 0.3) is 0 Å². The molecule has 1 aliphatic rings. The fourth-order valence-electron chi connectivity index (χ4n) is 1.20. The zero-order valence-electron chi connectivity index (χ0n) is 6.24. The van der Waals surface area contributed by atoms with Crippen LogP contribution in [0, 0.1) is 0 Å². The van der Waals surface area contributed by atoms with E-state index in [9.17, 15) is 4.79 Å². The molecule has 3 nitrogen and oxygen atoms in total.